The van der Waals surface area contributed by atoms with Crippen LogP contribution in [0, 0.1) is 5.92 Å². The van der Waals surface area contributed by atoms with Gasteiger partial charge >= 0.3 is 0 Å². The van der Waals surface area contributed by atoms with Gasteiger partial charge < -0.3 is 5.73 Å². The minimum atomic E-state index is 0.583. The van der Waals surface area contributed by atoms with Crippen molar-refractivity contribution < 1.29 is 0 Å². The maximum atomic E-state index is 5.73. The first-order valence-corrected chi connectivity index (χ1v) is 5.09. The molecule has 0 radical (unpaired) electrons. The van der Waals surface area contributed by atoms with Gasteiger partial charge in [0.2, 0.25) is 0 Å². The van der Waals surface area contributed by atoms with E-state index in [0.29, 0.717) is 6.04 Å². The van der Waals surface area contributed by atoms with Gasteiger partial charge in [-0.15, -0.1) is 0 Å². The molecule has 0 aliphatic heterocycles. The van der Waals surface area contributed by atoms with Crippen LogP contribution in [0.5, 0.6) is 0 Å². The lowest BCUT2D eigenvalue weighted by Gasteiger charge is -2.29. The van der Waals surface area contributed by atoms with E-state index in [2.05, 4.69) is 32.6 Å². The molecule has 0 bridgehead atoms. The Labute approximate surface area is 77.1 Å². The van der Waals surface area contributed by atoms with Gasteiger partial charge in [0.25, 0.3) is 0 Å². The van der Waals surface area contributed by atoms with Crippen molar-refractivity contribution in [1.82, 2.24) is 4.90 Å². The first-order valence-electron chi connectivity index (χ1n) is 5.09. The lowest BCUT2D eigenvalue weighted by atomic mass is 10.0. The van der Waals surface area contributed by atoms with E-state index in [1.165, 1.54) is 6.42 Å². The van der Waals surface area contributed by atoms with E-state index in [9.17, 15) is 0 Å². The van der Waals surface area contributed by atoms with Crippen LogP contribution in [0.1, 0.15) is 34.1 Å². The first kappa shape index (κ1) is 11.9. The summed E-state index contributed by atoms with van der Waals surface area (Å²) in [5, 5.41) is 0. The van der Waals surface area contributed by atoms with Crippen LogP contribution in [0.15, 0.2) is 0 Å². The maximum absolute atomic E-state index is 5.73. The van der Waals surface area contributed by atoms with Gasteiger partial charge in [0.1, 0.15) is 0 Å². The zero-order valence-electron chi connectivity index (χ0n) is 9.01. The predicted octanol–water partition coefficient (Wildman–Crippen LogP) is 1.70. The number of nitrogens with two attached hydrogens (primary N) is 1. The van der Waals surface area contributed by atoms with Crippen LogP contribution in [0.4, 0.5) is 0 Å². The monoisotopic (exact) mass is 172 g/mol. The van der Waals surface area contributed by atoms with E-state index >= 15 is 0 Å². The molecule has 0 aromatic rings. The molecular weight excluding hydrogens is 148 g/mol. The summed E-state index contributed by atoms with van der Waals surface area (Å²) in [5.74, 6) is 0.749. The molecule has 0 rings (SSSR count). The Hall–Kier alpha value is -0.0800. The third-order valence-corrected chi connectivity index (χ3v) is 2.34. The van der Waals surface area contributed by atoms with Crippen LogP contribution in [-0.4, -0.2) is 30.6 Å². The highest BCUT2D eigenvalue weighted by atomic mass is 15.1. The topological polar surface area (TPSA) is 29.3 Å². The van der Waals surface area contributed by atoms with Crippen molar-refractivity contribution in [2.45, 2.75) is 40.2 Å². The zero-order valence-corrected chi connectivity index (χ0v) is 9.01. The standard InChI is InChI=1S/C10H24N2/c1-5-12(6-2)10(8-11)7-9(3)4/h9-10H,5-8,11H2,1-4H3/t10-/m1/s1. The van der Waals surface area contributed by atoms with Crippen molar-refractivity contribution in [2.75, 3.05) is 19.6 Å². The average Bonchev–Trinajstić information content (AvgIpc) is 2.04. The molecule has 0 aliphatic carbocycles. The van der Waals surface area contributed by atoms with Crippen molar-refractivity contribution in [3.8, 4) is 0 Å². The van der Waals surface area contributed by atoms with E-state index in [4.69, 9.17) is 5.73 Å². The molecule has 0 saturated heterocycles. The molecule has 0 spiro atoms. The van der Waals surface area contributed by atoms with Gasteiger partial charge in [-0.1, -0.05) is 27.7 Å². The van der Waals surface area contributed by atoms with Crippen molar-refractivity contribution in [2.24, 2.45) is 11.7 Å². The highest BCUT2D eigenvalue weighted by Gasteiger charge is 2.14. The molecule has 0 amide bonds. The zero-order chi connectivity index (χ0) is 9.56. The second-order valence-corrected chi connectivity index (χ2v) is 3.74. The Kier molecular flexibility index (Phi) is 6.39. The van der Waals surface area contributed by atoms with Gasteiger partial charge in [0.05, 0.1) is 0 Å². The van der Waals surface area contributed by atoms with Gasteiger partial charge in [-0.2, -0.15) is 0 Å². The van der Waals surface area contributed by atoms with Crippen molar-refractivity contribution in [3.63, 3.8) is 0 Å². The molecule has 0 unspecified atom stereocenters. The number of hydrogen-bond donors (Lipinski definition) is 1. The second kappa shape index (κ2) is 6.44. The predicted molar refractivity (Wildman–Crippen MR) is 55.2 cm³/mol. The summed E-state index contributed by atoms with van der Waals surface area (Å²) >= 11 is 0. The summed E-state index contributed by atoms with van der Waals surface area (Å²) in [4.78, 5) is 2.44. The van der Waals surface area contributed by atoms with Crippen LogP contribution in [0.25, 0.3) is 0 Å². The average molecular weight is 172 g/mol. The summed E-state index contributed by atoms with van der Waals surface area (Å²) in [6.45, 7) is 11.9. The van der Waals surface area contributed by atoms with E-state index in [0.717, 1.165) is 25.6 Å². The van der Waals surface area contributed by atoms with E-state index in [1.807, 2.05) is 0 Å². The number of nitrogens with zero attached hydrogens (tertiary/aromatic N) is 1. The molecule has 2 N–H and O–H groups in total. The Morgan fingerprint density at radius 2 is 1.67 bits per heavy atom. The largest absolute Gasteiger partial charge is 0.329 e. The first-order chi connectivity index (χ1) is 5.65. The highest BCUT2D eigenvalue weighted by Crippen LogP contribution is 2.09. The number of rotatable bonds is 6. The Balaban J connectivity index is 3.92. The number of likely N-dealkylation sites (N-methyl/N-ethyl adjacent to an activating group) is 1. The molecule has 0 aliphatic rings. The van der Waals surface area contributed by atoms with Crippen molar-refractivity contribution in [3.05, 3.63) is 0 Å². The highest BCUT2D eigenvalue weighted by molar-refractivity contribution is 4.71. The summed E-state index contributed by atoms with van der Waals surface area (Å²) in [6, 6.07) is 0.583. The molecule has 12 heavy (non-hydrogen) atoms. The van der Waals surface area contributed by atoms with Gasteiger partial charge in [0.15, 0.2) is 0 Å². The molecule has 0 heterocycles. The van der Waals surface area contributed by atoms with Gasteiger partial charge in [-0.05, 0) is 25.4 Å². The molecule has 0 saturated carbocycles. The summed E-state index contributed by atoms with van der Waals surface area (Å²) in [7, 11) is 0. The van der Waals surface area contributed by atoms with Gasteiger partial charge in [-0.3, -0.25) is 4.90 Å². The summed E-state index contributed by atoms with van der Waals surface area (Å²) in [5.41, 5.74) is 5.73. The quantitative estimate of drug-likeness (QED) is 0.661. The van der Waals surface area contributed by atoms with E-state index in [-0.39, 0.29) is 0 Å². The molecule has 1 atom stereocenters. The van der Waals surface area contributed by atoms with E-state index < -0.39 is 0 Å². The van der Waals surface area contributed by atoms with Gasteiger partial charge in [-0.25, -0.2) is 0 Å². The van der Waals surface area contributed by atoms with Crippen LogP contribution in [-0.2, 0) is 0 Å². The molecule has 2 heteroatoms. The Morgan fingerprint density at radius 3 is 1.92 bits per heavy atom. The minimum Gasteiger partial charge on any atom is -0.329 e. The van der Waals surface area contributed by atoms with Crippen LogP contribution in [0.2, 0.25) is 0 Å². The Morgan fingerprint density at radius 1 is 1.17 bits per heavy atom. The van der Waals surface area contributed by atoms with Crippen LogP contribution >= 0.6 is 0 Å². The normalized spacial score (nSPS) is 14.2. The third kappa shape index (κ3) is 4.07. The lowest BCUT2D eigenvalue weighted by molar-refractivity contribution is 0.196. The van der Waals surface area contributed by atoms with E-state index in [1.54, 1.807) is 0 Å². The fourth-order valence-electron chi connectivity index (χ4n) is 1.68. The second-order valence-electron chi connectivity index (χ2n) is 3.74. The minimum absolute atomic E-state index is 0.583. The smallest absolute Gasteiger partial charge is 0.0220 e. The lowest BCUT2D eigenvalue weighted by Crippen LogP contribution is -2.41. The summed E-state index contributed by atoms with van der Waals surface area (Å²) < 4.78 is 0. The van der Waals surface area contributed by atoms with Crippen molar-refractivity contribution >= 4 is 0 Å². The molecule has 74 valence electrons. The number of hydrogen-bond acceptors (Lipinski definition) is 2. The maximum Gasteiger partial charge on any atom is 0.0220 e. The van der Waals surface area contributed by atoms with Crippen molar-refractivity contribution in [1.29, 1.82) is 0 Å². The SMILES string of the molecule is CCN(CC)[C@@H](CN)CC(C)C. The summed E-state index contributed by atoms with van der Waals surface area (Å²) in [6.07, 6.45) is 1.22. The molecule has 0 aromatic carbocycles. The third-order valence-electron chi connectivity index (χ3n) is 2.34. The molecule has 2 nitrogen and oxygen atoms in total. The molecule has 0 fully saturated rings. The van der Waals surface area contributed by atoms with Gasteiger partial charge in [0, 0.05) is 12.6 Å². The van der Waals surface area contributed by atoms with Crippen LogP contribution < -0.4 is 5.73 Å². The fraction of sp³-hybridized carbons (Fsp3) is 1.00. The fourth-order valence-corrected chi connectivity index (χ4v) is 1.68. The Bertz CT molecular complexity index is 98.0. The van der Waals surface area contributed by atoms with Crippen LogP contribution in [0.3, 0.4) is 0 Å². The molecular formula is C10H24N2. The molecule has 0 aromatic heterocycles.